The Morgan fingerprint density at radius 3 is 2.71 bits per heavy atom. The highest BCUT2D eigenvalue weighted by atomic mass is 19.1. The first-order chi connectivity index (χ1) is 6.79. The van der Waals surface area contributed by atoms with E-state index < -0.39 is 0 Å². The zero-order valence-corrected chi connectivity index (χ0v) is 8.37. The van der Waals surface area contributed by atoms with Gasteiger partial charge in [-0.3, -0.25) is 0 Å². The molecule has 3 heteroatoms. The largest absolute Gasteiger partial charge is 0.385 e. The quantitative estimate of drug-likeness (QED) is 0.782. The summed E-state index contributed by atoms with van der Waals surface area (Å²) in [6, 6.07) is 6.75. The van der Waals surface area contributed by atoms with Crippen LogP contribution in [-0.4, -0.2) is 20.3 Å². The van der Waals surface area contributed by atoms with Crippen molar-refractivity contribution in [1.82, 2.24) is 0 Å². The van der Waals surface area contributed by atoms with Gasteiger partial charge in [0.25, 0.3) is 0 Å². The molecule has 1 rings (SSSR count). The van der Waals surface area contributed by atoms with Crippen molar-refractivity contribution in [1.29, 1.82) is 0 Å². The molecule has 0 aliphatic heterocycles. The maximum absolute atomic E-state index is 13.4. The van der Waals surface area contributed by atoms with Gasteiger partial charge in [0.05, 0.1) is 0 Å². The maximum atomic E-state index is 13.4. The number of rotatable bonds is 5. The fraction of sp³-hybridized carbons (Fsp3) is 0.455. The first-order valence-electron chi connectivity index (χ1n) is 4.73. The van der Waals surface area contributed by atoms with E-state index in [-0.39, 0.29) is 11.7 Å². The zero-order valence-electron chi connectivity index (χ0n) is 8.37. The average Bonchev–Trinajstić information content (AvgIpc) is 2.21. The number of benzene rings is 1. The third kappa shape index (κ3) is 2.79. The third-order valence-electron chi connectivity index (χ3n) is 2.30. The van der Waals surface area contributed by atoms with Gasteiger partial charge in [0.2, 0.25) is 0 Å². The lowest BCUT2D eigenvalue weighted by atomic mass is 9.96. The summed E-state index contributed by atoms with van der Waals surface area (Å²) in [5.41, 5.74) is 6.28. The first kappa shape index (κ1) is 11.1. The van der Waals surface area contributed by atoms with Crippen molar-refractivity contribution >= 4 is 0 Å². The van der Waals surface area contributed by atoms with Gasteiger partial charge in [-0.2, -0.15) is 0 Å². The fourth-order valence-electron chi connectivity index (χ4n) is 1.47. The summed E-state index contributed by atoms with van der Waals surface area (Å²) >= 11 is 0. The van der Waals surface area contributed by atoms with E-state index in [0.29, 0.717) is 18.7 Å². The van der Waals surface area contributed by atoms with Gasteiger partial charge in [-0.1, -0.05) is 18.2 Å². The SMILES string of the molecule is COCCC(CN)c1ccccc1F. The number of hydrogen-bond acceptors (Lipinski definition) is 2. The lowest BCUT2D eigenvalue weighted by Gasteiger charge is -2.15. The lowest BCUT2D eigenvalue weighted by molar-refractivity contribution is 0.187. The van der Waals surface area contributed by atoms with Crippen molar-refractivity contribution in [2.45, 2.75) is 12.3 Å². The molecule has 1 unspecified atom stereocenters. The van der Waals surface area contributed by atoms with Gasteiger partial charge in [-0.15, -0.1) is 0 Å². The molecule has 1 aromatic rings. The Labute approximate surface area is 83.9 Å². The summed E-state index contributed by atoms with van der Waals surface area (Å²) in [5.74, 6) is -0.129. The van der Waals surface area contributed by atoms with Crippen LogP contribution in [0.5, 0.6) is 0 Å². The minimum absolute atomic E-state index is 0.0520. The third-order valence-corrected chi connectivity index (χ3v) is 2.30. The second kappa shape index (κ2) is 5.73. The first-order valence-corrected chi connectivity index (χ1v) is 4.73. The van der Waals surface area contributed by atoms with E-state index in [9.17, 15) is 4.39 Å². The zero-order chi connectivity index (χ0) is 10.4. The van der Waals surface area contributed by atoms with Gasteiger partial charge in [0.15, 0.2) is 0 Å². The highest BCUT2D eigenvalue weighted by Crippen LogP contribution is 2.21. The van der Waals surface area contributed by atoms with Crippen molar-refractivity contribution in [3.05, 3.63) is 35.6 Å². The molecule has 78 valence electrons. The molecule has 0 aromatic heterocycles. The van der Waals surface area contributed by atoms with E-state index in [1.807, 2.05) is 6.07 Å². The molecule has 2 nitrogen and oxygen atoms in total. The molecule has 0 aliphatic carbocycles. The fourth-order valence-corrected chi connectivity index (χ4v) is 1.47. The molecule has 1 aromatic carbocycles. The molecule has 2 N–H and O–H groups in total. The van der Waals surface area contributed by atoms with E-state index in [1.54, 1.807) is 19.2 Å². The second-order valence-corrected chi connectivity index (χ2v) is 3.24. The molecular formula is C11H16FNO. The van der Waals surface area contributed by atoms with E-state index in [4.69, 9.17) is 10.5 Å². The summed E-state index contributed by atoms with van der Waals surface area (Å²) in [5, 5.41) is 0. The van der Waals surface area contributed by atoms with Crippen molar-refractivity contribution in [3.63, 3.8) is 0 Å². The standard InChI is InChI=1S/C11H16FNO/c1-14-7-6-9(8-13)10-4-2-3-5-11(10)12/h2-5,9H,6-8,13H2,1H3. The van der Waals surface area contributed by atoms with Crippen molar-refractivity contribution in [2.75, 3.05) is 20.3 Å². The predicted octanol–water partition coefficient (Wildman–Crippen LogP) is 1.90. The molecule has 1 atom stereocenters. The summed E-state index contributed by atoms with van der Waals surface area (Å²) < 4.78 is 18.3. The maximum Gasteiger partial charge on any atom is 0.126 e. The summed E-state index contributed by atoms with van der Waals surface area (Å²) in [6.45, 7) is 1.06. The van der Waals surface area contributed by atoms with Crippen molar-refractivity contribution in [2.24, 2.45) is 5.73 Å². The van der Waals surface area contributed by atoms with Crippen LogP contribution in [0.2, 0.25) is 0 Å². The van der Waals surface area contributed by atoms with Crippen molar-refractivity contribution < 1.29 is 9.13 Å². The lowest BCUT2D eigenvalue weighted by Crippen LogP contribution is -2.15. The van der Waals surface area contributed by atoms with E-state index >= 15 is 0 Å². The van der Waals surface area contributed by atoms with Crippen LogP contribution < -0.4 is 5.73 Å². The van der Waals surface area contributed by atoms with Crippen molar-refractivity contribution in [3.8, 4) is 0 Å². The van der Waals surface area contributed by atoms with E-state index in [1.165, 1.54) is 6.07 Å². The average molecular weight is 197 g/mol. The summed E-state index contributed by atoms with van der Waals surface area (Å²) in [6.07, 6.45) is 0.758. The molecule has 0 heterocycles. The molecule has 0 spiro atoms. The van der Waals surface area contributed by atoms with E-state index in [2.05, 4.69) is 0 Å². The molecule has 0 saturated heterocycles. The van der Waals surface area contributed by atoms with Crippen LogP contribution in [0, 0.1) is 5.82 Å². The summed E-state index contributed by atoms with van der Waals surface area (Å²) in [4.78, 5) is 0. The highest BCUT2D eigenvalue weighted by Gasteiger charge is 2.12. The molecule has 0 radical (unpaired) electrons. The van der Waals surface area contributed by atoms with Gasteiger partial charge in [0, 0.05) is 19.6 Å². The van der Waals surface area contributed by atoms with Gasteiger partial charge < -0.3 is 10.5 Å². The van der Waals surface area contributed by atoms with Crippen LogP contribution in [0.25, 0.3) is 0 Å². The Morgan fingerprint density at radius 2 is 2.14 bits per heavy atom. The Kier molecular flexibility index (Phi) is 4.56. The topological polar surface area (TPSA) is 35.2 Å². The van der Waals surface area contributed by atoms with Crippen LogP contribution in [-0.2, 0) is 4.74 Å². The minimum Gasteiger partial charge on any atom is -0.385 e. The Balaban J connectivity index is 2.73. The van der Waals surface area contributed by atoms with Gasteiger partial charge in [-0.25, -0.2) is 4.39 Å². The Hall–Kier alpha value is -0.930. The Bertz CT molecular complexity index is 278. The smallest absolute Gasteiger partial charge is 0.126 e. The molecule has 0 bridgehead atoms. The normalized spacial score (nSPS) is 12.8. The van der Waals surface area contributed by atoms with Crippen LogP contribution in [0.15, 0.2) is 24.3 Å². The van der Waals surface area contributed by atoms with Gasteiger partial charge in [0.1, 0.15) is 5.82 Å². The van der Waals surface area contributed by atoms with E-state index in [0.717, 1.165) is 6.42 Å². The number of nitrogens with two attached hydrogens (primary N) is 1. The van der Waals surface area contributed by atoms with Crippen LogP contribution in [0.1, 0.15) is 17.9 Å². The van der Waals surface area contributed by atoms with Crippen LogP contribution in [0.4, 0.5) is 4.39 Å². The molecular weight excluding hydrogens is 181 g/mol. The molecule has 0 aliphatic rings. The summed E-state index contributed by atoms with van der Waals surface area (Å²) in [7, 11) is 1.63. The molecule has 0 amide bonds. The van der Waals surface area contributed by atoms with Gasteiger partial charge >= 0.3 is 0 Å². The number of methoxy groups -OCH3 is 1. The molecule has 0 fully saturated rings. The minimum atomic E-state index is -0.181. The van der Waals surface area contributed by atoms with Crippen LogP contribution in [0.3, 0.4) is 0 Å². The highest BCUT2D eigenvalue weighted by molar-refractivity contribution is 5.21. The number of hydrogen-bond donors (Lipinski definition) is 1. The second-order valence-electron chi connectivity index (χ2n) is 3.24. The molecule has 14 heavy (non-hydrogen) atoms. The Morgan fingerprint density at radius 1 is 1.43 bits per heavy atom. The van der Waals surface area contributed by atoms with Crippen LogP contribution >= 0.6 is 0 Å². The number of halogens is 1. The number of ether oxygens (including phenoxy) is 1. The van der Waals surface area contributed by atoms with Gasteiger partial charge in [-0.05, 0) is 24.6 Å². The predicted molar refractivity (Wildman–Crippen MR) is 54.7 cm³/mol. The molecule has 0 saturated carbocycles. The monoisotopic (exact) mass is 197 g/mol.